The molecule has 0 aliphatic carbocycles. The van der Waals surface area contributed by atoms with Crippen LogP contribution >= 0.6 is 0 Å². The van der Waals surface area contributed by atoms with Crippen molar-refractivity contribution >= 4 is 29.3 Å². The Morgan fingerprint density at radius 1 is 1.30 bits per heavy atom. The Kier molecular flexibility index (Phi) is 6.43. The van der Waals surface area contributed by atoms with Gasteiger partial charge in [0.05, 0.1) is 30.7 Å². The van der Waals surface area contributed by atoms with Gasteiger partial charge in [-0.05, 0) is 37.0 Å². The van der Waals surface area contributed by atoms with E-state index in [4.69, 9.17) is 9.84 Å². The number of piperidine rings is 1. The number of amides is 2. The summed E-state index contributed by atoms with van der Waals surface area (Å²) in [6.07, 6.45) is 1.95. The van der Waals surface area contributed by atoms with Gasteiger partial charge in [-0.1, -0.05) is 5.21 Å². The fourth-order valence-corrected chi connectivity index (χ4v) is 4.12. The third-order valence-electron chi connectivity index (χ3n) is 5.85. The number of nitrogens with one attached hydrogen (secondary N) is 1. The summed E-state index contributed by atoms with van der Waals surface area (Å²) < 4.78 is 21.7. The van der Waals surface area contributed by atoms with Gasteiger partial charge in [-0.3, -0.25) is 14.4 Å². The van der Waals surface area contributed by atoms with Crippen molar-refractivity contribution in [3.05, 3.63) is 35.9 Å². The number of ether oxygens (including phenoxy) is 1. The zero-order valence-corrected chi connectivity index (χ0v) is 18.1. The van der Waals surface area contributed by atoms with E-state index in [9.17, 15) is 18.8 Å². The summed E-state index contributed by atoms with van der Waals surface area (Å²) in [5, 5.41) is 19.0. The Morgan fingerprint density at radius 3 is 2.70 bits per heavy atom. The van der Waals surface area contributed by atoms with E-state index >= 15 is 0 Å². The average molecular weight is 460 g/mol. The van der Waals surface area contributed by atoms with E-state index in [0.717, 1.165) is 12.8 Å². The largest absolute Gasteiger partial charge is 0.476 e. The maximum Gasteiger partial charge on any atom is 0.414 e. The molecule has 0 unspecified atom stereocenters. The second kappa shape index (κ2) is 9.43. The van der Waals surface area contributed by atoms with E-state index in [1.165, 1.54) is 28.8 Å². The fourth-order valence-electron chi connectivity index (χ4n) is 4.12. The number of cyclic esters (lactones) is 1. The molecular weight excluding hydrogens is 435 g/mol. The minimum Gasteiger partial charge on any atom is -0.476 e. The molecule has 2 N–H and O–H groups in total. The van der Waals surface area contributed by atoms with Gasteiger partial charge in [0.2, 0.25) is 5.91 Å². The smallest absolute Gasteiger partial charge is 0.414 e. The minimum atomic E-state index is -1.11. The number of hydrogen-bond acceptors (Lipinski definition) is 7. The van der Waals surface area contributed by atoms with Gasteiger partial charge in [-0.25, -0.2) is 14.0 Å². The molecule has 2 fully saturated rings. The molecule has 2 aromatic rings. The van der Waals surface area contributed by atoms with Crippen LogP contribution in [0.4, 0.5) is 20.6 Å². The zero-order valence-electron chi connectivity index (χ0n) is 18.1. The number of carboxylic acid groups (broad SMARTS) is 1. The summed E-state index contributed by atoms with van der Waals surface area (Å²) in [4.78, 5) is 37.5. The van der Waals surface area contributed by atoms with Crippen molar-refractivity contribution in [2.24, 2.45) is 5.92 Å². The van der Waals surface area contributed by atoms with Gasteiger partial charge in [-0.2, -0.15) is 0 Å². The topological polar surface area (TPSA) is 130 Å². The third kappa shape index (κ3) is 5.21. The van der Waals surface area contributed by atoms with Gasteiger partial charge < -0.3 is 20.1 Å². The maximum atomic E-state index is 14.9. The third-order valence-corrected chi connectivity index (χ3v) is 5.85. The highest BCUT2D eigenvalue weighted by atomic mass is 19.1. The van der Waals surface area contributed by atoms with Crippen LogP contribution in [0.1, 0.15) is 30.3 Å². The van der Waals surface area contributed by atoms with Crippen molar-refractivity contribution in [1.82, 2.24) is 20.3 Å². The van der Waals surface area contributed by atoms with Crippen molar-refractivity contribution in [3.8, 4) is 0 Å². The molecule has 11 nitrogen and oxygen atoms in total. The van der Waals surface area contributed by atoms with Crippen molar-refractivity contribution < 1.29 is 28.6 Å². The Balaban J connectivity index is 1.33. The number of aromatic carboxylic acids is 1. The van der Waals surface area contributed by atoms with Gasteiger partial charge in [0.1, 0.15) is 11.9 Å². The lowest BCUT2D eigenvalue weighted by molar-refractivity contribution is -0.119. The highest BCUT2D eigenvalue weighted by molar-refractivity contribution is 5.90. The molecule has 2 aliphatic rings. The lowest BCUT2D eigenvalue weighted by Crippen LogP contribution is -2.35. The van der Waals surface area contributed by atoms with Crippen molar-refractivity contribution in [2.45, 2.75) is 32.4 Å². The van der Waals surface area contributed by atoms with E-state index in [1.54, 1.807) is 12.1 Å². The molecule has 12 heteroatoms. The molecule has 176 valence electrons. The van der Waals surface area contributed by atoms with Crippen LogP contribution in [0, 0.1) is 11.7 Å². The van der Waals surface area contributed by atoms with Crippen LogP contribution in [0.5, 0.6) is 0 Å². The standard InChI is InChI=1S/C21H25FN6O5/c1-13(29)23-9-16-11-28(21(32)33-16)15-2-3-19(17(22)8-15)26-6-4-14(5-7-26)10-27-12-18(20(30)31)24-25-27/h2-3,8,12,14,16H,4-7,9-11H2,1H3,(H,23,29)(H,30,31)/t16-/m0/s1. The zero-order chi connectivity index (χ0) is 23.5. The summed E-state index contributed by atoms with van der Waals surface area (Å²) in [6.45, 7) is 3.67. The number of carbonyl (C=O) groups excluding carboxylic acids is 2. The first-order valence-corrected chi connectivity index (χ1v) is 10.7. The quantitative estimate of drug-likeness (QED) is 0.636. The van der Waals surface area contributed by atoms with Gasteiger partial charge in [0, 0.05) is 26.6 Å². The molecule has 0 saturated carbocycles. The highest BCUT2D eigenvalue weighted by Gasteiger charge is 2.33. The first-order chi connectivity index (χ1) is 15.8. The Labute approximate surface area is 189 Å². The summed E-state index contributed by atoms with van der Waals surface area (Å²) in [7, 11) is 0. The average Bonchev–Trinajstić information content (AvgIpc) is 3.39. The van der Waals surface area contributed by atoms with Crippen molar-refractivity contribution in [1.29, 1.82) is 0 Å². The maximum absolute atomic E-state index is 14.9. The molecule has 3 heterocycles. The molecule has 33 heavy (non-hydrogen) atoms. The van der Waals surface area contributed by atoms with Gasteiger partial charge in [0.25, 0.3) is 0 Å². The number of nitrogens with zero attached hydrogens (tertiary/aromatic N) is 5. The van der Waals surface area contributed by atoms with Gasteiger partial charge in [-0.15, -0.1) is 5.10 Å². The first kappa shape index (κ1) is 22.5. The molecule has 1 aromatic heterocycles. The lowest BCUT2D eigenvalue weighted by Gasteiger charge is -2.34. The van der Waals surface area contributed by atoms with E-state index in [-0.39, 0.29) is 30.6 Å². The van der Waals surface area contributed by atoms with Gasteiger partial charge >= 0.3 is 12.1 Å². The number of anilines is 2. The highest BCUT2D eigenvalue weighted by Crippen LogP contribution is 2.30. The van der Waals surface area contributed by atoms with Crippen LogP contribution in [0.15, 0.2) is 24.4 Å². The van der Waals surface area contributed by atoms with E-state index in [1.807, 2.05) is 4.90 Å². The summed E-state index contributed by atoms with van der Waals surface area (Å²) in [5.74, 6) is -1.46. The number of rotatable bonds is 7. The second-order valence-corrected chi connectivity index (χ2v) is 8.25. The number of aromatic nitrogens is 3. The minimum absolute atomic E-state index is 0.0853. The molecule has 1 aromatic carbocycles. The molecule has 1 atom stereocenters. The number of carboxylic acids is 1. The number of hydrogen-bond donors (Lipinski definition) is 2. The molecule has 2 amide bonds. The monoisotopic (exact) mass is 460 g/mol. The first-order valence-electron chi connectivity index (χ1n) is 10.7. The molecule has 2 aliphatic heterocycles. The van der Waals surface area contributed by atoms with E-state index < -0.39 is 24.0 Å². The number of carbonyl (C=O) groups is 3. The summed E-state index contributed by atoms with van der Waals surface area (Å²) >= 11 is 0. The van der Waals surface area contributed by atoms with Crippen LogP contribution in [0.2, 0.25) is 0 Å². The molecule has 0 spiro atoms. The fraction of sp³-hybridized carbons (Fsp3) is 0.476. The van der Waals surface area contributed by atoms with E-state index in [2.05, 4.69) is 15.6 Å². The van der Waals surface area contributed by atoms with E-state index in [0.29, 0.717) is 31.0 Å². The second-order valence-electron chi connectivity index (χ2n) is 8.25. The lowest BCUT2D eigenvalue weighted by atomic mass is 9.96. The van der Waals surface area contributed by atoms with Crippen molar-refractivity contribution in [3.63, 3.8) is 0 Å². The predicted molar refractivity (Wildman–Crippen MR) is 115 cm³/mol. The number of benzene rings is 1. The Morgan fingerprint density at radius 2 is 2.06 bits per heavy atom. The van der Waals surface area contributed by atoms with Crippen LogP contribution < -0.4 is 15.1 Å². The molecular formula is C21H25FN6O5. The molecule has 4 rings (SSSR count). The normalized spacial score (nSPS) is 19.0. The summed E-state index contributed by atoms with van der Waals surface area (Å²) in [5.41, 5.74) is 0.785. The Bertz CT molecular complexity index is 1050. The van der Waals surface area contributed by atoms with Crippen molar-refractivity contribution in [2.75, 3.05) is 36.0 Å². The van der Waals surface area contributed by atoms with Gasteiger partial charge in [0.15, 0.2) is 5.69 Å². The SMILES string of the molecule is CC(=O)NC[C@H]1CN(c2ccc(N3CCC(Cn4cc(C(=O)O)nn4)CC3)c(F)c2)C(=O)O1. The predicted octanol–water partition coefficient (Wildman–Crippen LogP) is 1.49. The number of halogens is 1. The van der Waals surface area contributed by atoms with Crippen LogP contribution in [0.3, 0.4) is 0 Å². The summed E-state index contributed by atoms with van der Waals surface area (Å²) in [6, 6.07) is 4.68. The molecule has 0 bridgehead atoms. The Hall–Kier alpha value is -3.70. The van der Waals surface area contributed by atoms with Crippen LogP contribution in [-0.2, 0) is 16.1 Å². The molecule has 2 saturated heterocycles. The molecule has 0 radical (unpaired) electrons. The van der Waals surface area contributed by atoms with Crippen LogP contribution in [0.25, 0.3) is 0 Å². The van der Waals surface area contributed by atoms with Crippen LogP contribution in [-0.4, -0.2) is 70.4 Å².